The standard InChI is InChI=1S/C22H23N3O4S2/c1-4-25(5-2)21(27)15-6-8-17(9-7-15)24-18(26)12-29-22(28)19-14(3)23-20(31-19)16-10-11-30-13-16/h6-11,13H,4-5,12H2,1-3H3,(H,24,26). The molecule has 0 spiro atoms. The van der Waals surface area contributed by atoms with E-state index in [0.717, 1.165) is 10.6 Å². The molecule has 1 N–H and O–H groups in total. The molecule has 7 nitrogen and oxygen atoms in total. The summed E-state index contributed by atoms with van der Waals surface area (Å²) in [5.74, 6) is -1.10. The second kappa shape index (κ2) is 10.3. The molecule has 0 aliphatic rings. The van der Waals surface area contributed by atoms with Crippen molar-refractivity contribution in [3.05, 3.63) is 57.2 Å². The Hall–Kier alpha value is -3.04. The molecular weight excluding hydrogens is 434 g/mol. The second-order valence-electron chi connectivity index (χ2n) is 6.62. The summed E-state index contributed by atoms with van der Waals surface area (Å²) < 4.78 is 5.16. The van der Waals surface area contributed by atoms with Gasteiger partial charge in [-0.3, -0.25) is 9.59 Å². The van der Waals surface area contributed by atoms with Crippen LogP contribution >= 0.6 is 22.7 Å². The number of aromatic nitrogens is 1. The van der Waals surface area contributed by atoms with Crippen LogP contribution in [0.25, 0.3) is 10.6 Å². The fourth-order valence-electron chi connectivity index (χ4n) is 2.88. The van der Waals surface area contributed by atoms with Gasteiger partial charge in [0.1, 0.15) is 9.88 Å². The van der Waals surface area contributed by atoms with E-state index in [1.54, 1.807) is 47.4 Å². The molecule has 31 heavy (non-hydrogen) atoms. The first-order valence-corrected chi connectivity index (χ1v) is 11.5. The fourth-order valence-corrected chi connectivity index (χ4v) is 4.55. The smallest absolute Gasteiger partial charge is 0.350 e. The number of thiophene rings is 1. The number of hydrogen-bond donors (Lipinski definition) is 1. The van der Waals surface area contributed by atoms with E-state index in [0.29, 0.717) is 34.9 Å². The Morgan fingerprint density at radius 2 is 1.81 bits per heavy atom. The van der Waals surface area contributed by atoms with Crippen LogP contribution in [0.3, 0.4) is 0 Å². The quantitative estimate of drug-likeness (QED) is 0.505. The van der Waals surface area contributed by atoms with E-state index in [-0.39, 0.29) is 5.91 Å². The van der Waals surface area contributed by atoms with Crippen LogP contribution in [-0.2, 0) is 9.53 Å². The summed E-state index contributed by atoms with van der Waals surface area (Å²) in [6, 6.07) is 8.56. The van der Waals surface area contributed by atoms with Gasteiger partial charge < -0.3 is 15.0 Å². The van der Waals surface area contributed by atoms with E-state index in [9.17, 15) is 14.4 Å². The van der Waals surface area contributed by atoms with Crippen LogP contribution in [0.1, 0.15) is 39.6 Å². The Morgan fingerprint density at radius 3 is 2.42 bits per heavy atom. The summed E-state index contributed by atoms with van der Waals surface area (Å²) in [5, 5.41) is 7.31. The molecular formula is C22H23N3O4S2. The van der Waals surface area contributed by atoms with Crippen molar-refractivity contribution in [3.63, 3.8) is 0 Å². The highest BCUT2D eigenvalue weighted by Crippen LogP contribution is 2.29. The highest BCUT2D eigenvalue weighted by Gasteiger charge is 2.19. The number of rotatable bonds is 8. The van der Waals surface area contributed by atoms with Gasteiger partial charge in [0.15, 0.2) is 6.61 Å². The van der Waals surface area contributed by atoms with Gasteiger partial charge in [-0.1, -0.05) is 0 Å². The number of carbonyl (C=O) groups excluding carboxylic acids is 3. The summed E-state index contributed by atoms with van der Waals surface area (Å²) in [6.07, 6.45) is 0. The van der Waals surface area contributed by atoms with Crippen molar-refractivity contribution in [2.75, 3.05) is 25.0 Å². The molecule has 1 aromatic carbocycles. The highest BCUT2D eigenvalue weighted by atomic mass is 32.1. The van der Waals surface area contributed by atoms with Gasteiger partial charge in [-0.05, 0) is 56.5 Å². The second-order valence-corrected chi connectivity index (χ2v) is 8.40. The molecule has 0 saturated heterocycles. The number of esters is 1. The van der Waals surface area contributed by atoms with Gasteiger partial charge in [-0.2, -0.15) is 11.3 Å². The van der Waals surface area contributed by atoms with E-state index in [2.05, 4.69) is 10.3 Å². The summed E-state index contributed by atoms with van der Waals surface area (Å²) in [7, 11) is 0. The predicted molar refractivity (Wildman–Crippen MR) is 123 cm³/mol. The van der Waals surface area contributed by atoms with Gasteiger partial charge >= 0.3 is 5.97 Å². The van der Waals surface area contributed by atoms with Gasteiger partial charge in [0.2, 0.25) is 0 Å². The third kappa shape index (κ3) is 5.56. The topological polar surface area (TPSA) is 88.6 Å². The van der Waals surface area contributed by atoms with Crippen molar-refractivity contribution < 1.29 is 19.1 Å². The Morgan fingerprint density at radius 1 is 1.10 bits per heavy atom. The molecule has 2 amide bonds. The normalized spacial score (nSPS) is 10.5. The number of nitrogens with zero attached hydrogens (tertiary/aromatic N) is 2. The molecule has 3 rings (SSSR count). The van der Waals surface area contributed by atoms with Crippen molar-refractivity contribution in [1.29, 1.82) is 0 Å². The lowest BCUT2D eigenvalue weighted by atomic mass is 10.2. The van der Waals surface area contributed by atoms with Crippen molar-refractivity contribution in [1.82, 2.24) is 9.88 Å². The monoisotopic (exact) mass is 457 g/mol. The van der Waals surface area contributed by atoms with E-state index in [1.165, 1.54) is 11.3 Å². The molecule has 2 aromatic heterocycles. The average molecular weight is 458 g/mol. The maximum absolute atomic E-state index is 12.4. The molecule has 0 unspecified atom stereocenters. The fraction of sp³-hybridized carbons (Fsp3) is 0.273. The minimum absolute atomic E-state index is 0.0569. The van der Waals surface area contributed by atoms with Crippen LogP contribution < -0.4 is 5.32 Å². The number of thiazole rings is 1. The van der Waals surface area contributed by atoms with Crippen LogP contribution in [0.5, 0.6) is 0 Å². The number of nitrogens with one attached hydrogen (secondary N) is 1. The third-order valence-corrected chi connectivity index (χ3v) is 6.42. The first-order chi connectivity index (χ1) is 14.9. The van der Waals surface area contributed by atoms with E-state index in [1.807, 2.05) is 30.7 Å². The lowest BCUT2D eigenvalue weighted by Gasteiger charge is -2.18. The highest BCUT2D eigenvalue weighted by molar-refractivity contribution is 7.17. The van der Waals surface area contributed by atoms with Crippen LogP contribution in [0.4, 0.5) is 5.69 Å². The third-order valence-electron chi connectivity index (χ3n) is 4.55. The molecule has 3 aromatic rings. The van der Waals surface area contributed by atoms with Crippen LogP contribution in [0.15, 0.2) is 41.1 Å². The van der Waals surface area contributed by atoms with E-state index < -0.39 is 18.5 Å². The molecule has 0 fully saturated rings. The maximum atomic E-state index is 12.4. The van der Waals surface area contributed by atoms with Crippen LogP contribution in [0, 0.1) is 6.92 Å². The number of ether oxygens (including phenoxy) is 1. The number of amides is 2. The molecule has 0 saturated carbocycles. The molecule has 0 aliphatic heterocycles. The first-order valence-electron chi connectivity index (χ1n) is 9.79. The summed E-state index contributed by atoms with van der Waals surface area (Å²) in [4.78, 5) is 43.4. The number of hydrogen-bond acceptors (Lipinski definition) is 7. The van der Waals surface area contributed by atoms with Gasteiger partial charge in [0.25, 0.3) is 11.8 Å². The van der Waals surface area contributed by atoms with Gasteiger partial charge in [0.05, 0.1) is 5.69 Å². The lowest BCUT2D eigenvalue weighted by Crippen LogP contribution is -2.30. The average Bonchev–Trinajstić information content (AvgIpc) is 3.43. The Balaban J connectivity index is 1.54. The van der Waals surface area contributed by atoms with Gasteiger partial charge in [-0.15, -0.1) is 11.3 Å². The Labute approximate surface area is 188 Å². The van der Waals surface area contributed by atoms with Crippen LogP contribution in [-0.4, -0.2) is 47.4 Å². The minimum atomic E-state index is -0.577. The zero-order valence-electron chi connectivity index (χ0n) is 17.5. The predicted octanol–water partition coefficient (Wildman–Crippen LogP) is 4.46. The molecule has 0 bridgehead atoms. The number of benzene rings is 1. The van der Waals surface area contributed by atoms with Crippen molar-refractivity contribution in [3.8, 4) is 10.6 Å². The maximum Gasteiger partial charge on any atom is 0.350 e. The minimum Gasteiger partial charge on any atom is -0.451 e. The Bertz CT molecular complexity index is 1060. The van der Waals surface area contributed by atoms with Crippen molar-refractivity contribution in [2.45, 2.75) is 20.8 Å². The molecule has 162 valence electrons. The van der Waals surface area contributed by atoms with Gasteiger partial charge in [0, 0.05) is 35.3 Å². The summed E-state index contributed by atoms with van der Waals surface area (Å²) >= 11 is 2.80. The summed E-state index contributed by atoms with van der Waals surface area (Å²) in [6.45, 7) is 6.44. The van der Waals surface area contributed by atoms with Gasteiger partial charge in [-0.25, -0.2) is 9.78 Å². The molecule has 9 heteroatoms. The zero-order valence-corrected chi connectivity index (χ0v) is 19.1. The van der Waals surface area contributed by atoms with E-state index in [4.69, 9.17) is 4.74 Å². The number of aryl methyl sites for hydroxylation is 1. The summed E-state index contributed by atoms with van der Waals surface area (Å²) in [5.41, 5.74) is 2.60. The molecule has 2 heterocycles. The lowest BCUT2D eigenvalue weighted by molar-refractivity contribution is -0.119. The zero-order chi connectivity index (χ0) is 22.4. The van der Waals surface area contributed by atoms with Crippen molar-refractivity contribution in [2.24, 2.45) is 0 Å². The molecule has 0 radical (unpaired) electrons. The SMILES string of the molecule is CCN(CC)C(=O)c1ccc(NC(=O)COC(=O)c2sc(-c3ccsc3)nc2C)cc1. The largest absolute Gasteiger partial charge is 0.451 e. The van der Waals surface area contributed by atoms with E-state index >= 15 is 0 Å². The van der Waals surface area contributed by atoms with Crippen molar-refractivity contribution >= 4 is 46.1 Å². The number of carbonyl (C=O) groups is 3. The molecule has 0 atom stereocenters. The first kappa shape index (κ1) is 22.6. The van der Waals surface area contributed by atoms with Crippen LogP contribution in [0.2, 0.25) is 0 Å². The molecule has 0 aliphatic carbocycles. The number of anilines is 1. The Kier molecular flexibility index (Phi) is 7.54.